The highest BCUT2D eigenvalue weighted by atomic mass is 35.5. The van der Waals surface area contributed by atoms with Gasteiger partial charge in [-0.25, -0.2) is 10.2 Å². The van der Waals surface area contributed by atoms with Crippen molar-refractivity contribution < 1.29 is 14.4 Å². The number of hydrazine groups is 1. The van der Waals surface area contributed by atoms with Crippen LogP contribution in [0.2, 0.25) is 10.0 Å². The Bertz CT molecular complexity index is 797. The van der Waals surface area contributed by atoms with Crippen molar-refractivity contribution in [3.8, 4) is 0 Å². The van der Waals surface area contributed by atoms with E-state index in [4.69, 9.17) is 23.2 Å². The van der Waals surface area contributed by atoms with E-state index in [1.807, 2.05) is 0 Å². The molecule has 0 heterocycles. The van der Waals surface area contributed by atoms with Crippen LogP contribution in [0.4, 0.5) is 16.2 Å². The molecule has 0 aliphatic rings. The number of hydrogen-bond donors (Lipinski definition) is 4. The lowest BCUT2D eigenvalue weighted by Gasteiger charge is -2.09. The van der Waals surface area contributed by atoms with Crippen LogP contribution in [-0.2, 0) is 9.59 Å². The van der Waals surface area contributed by atoms with Gasteiger partial charge in [-0.2, -0.15) is 0 Å². The number of anilines is 2. The van der Waals surface area contributed by atoms with Gasteiger partial charge in [-0.1, -0.05) is 35.3 Å². The van der Waals surface area contributed by atoms with Crippen LogP contribution in [-0.4, -0.2) is 17.8 Å². The third-order valence-corrected chi connectivity index (χ3v) is 3.73. The van der Waals surface area contributed by atoms with Gasteiger partial charge in [0.1, 0.15) is 0 Å². The van der Waals surface area contributed by atoms with Gasteiger partial charge in [-0.05, 0) is 36.4 Å². The fraction of sp³-hybridized carbons (Fsp3) is 0.118. The van der Waals surface area contributed by atoms with Crippen LogP contribution in [0.5, 0.6) is 0 Å². The van der Waals surface area contributed by atoms with Crippen LogP contribution in [0.15, 0.2) is 48.5 Å². The molecule has 7 nitrogen and oxygen atoms in total. The third kappa shape index (κ3) is 6.62. The molecule has 26 heavy (non-hydrogen) atoms. The molecule has 2 rings (SSSR count). The Kier molecular flexibility index (Phi) is 7.25. The maximum Gasteiger partial charge on any atom is 0.337 e. The predicted molar refractivity (Wildman–Crippen MR) is 101 cm³/mol. The van der Waals surface area contributed by atoms with E-state index in [9.17, 15) is 14.4 Å². The Morgan fingerprint density at radius 1 is 0.769 bits per heavy atom. The molecule has 0 spiro atoms. The molecule has 0 bridgehead atoms. The number of urea groups is 1. The van der Waals surface area contributed by atoms with Crippen molar-refractivity contribution in [2.45, 2.75) is 12.8 Å². The lowest BCUT2D eigenvalue weighted by atomic mass is 10.2. The number of benzene rings is 2. The Hall–Kier alpha value is -2.77. The lowest BCUT2D eigenvalue weighted by molar-refractivity contribution is -0.124. The lowest BCUT2D eigenvalue weighted by Crippen LogP contribution is -2.44. The molecule has 2 aromatic carbocycles. The molecule has 4 N–H and O–H groups in total. The SMILES string of the molecule is O=C(CCC(=O)Nc1ccccc1Cl)NNC(=O)Nc1ccc(Cl)cc1. The van der Waals surface area contributed by atoms with Crippen molar-refractivity contribution in [3.63, 3.8) is 0 Å². The van der Waals surface area contributed by atoms with Crippen molar-refractivity contribution in [1.29, 1.82) is 0 Å². The number of rotatable bonds is 5. The molecular formula is C17H16Cl2N4O3. The van der Waals surface area contributed by atoms with E-state index in [1.54, 1.807) is 48.5 Å². The summed E-state index contributed by atoms with van der Waals surface area (Å²) in [7, 11) is 0. The molecule has 0 unspecified atom stereocenters. The third-order valence-electron chi connectivity index (χ3n) is 3.14. The first-order chi connectivity index (χ1) is 12.4. The fourth-order valence-electron chi connectivity index (χ4n) is 1.89. The van der Waals surface area contributed by atoms with Gasteiger partial charge in [0.05, 0.1) is 10.7 Å². The van der Waals surface area contributed by atoms with Gasteiger partial charge in [0.25, 0.3) is 0 Å². The van der Waals surface area contributed by atoms with Crippen LogP contribution < -0.4 is 21.5 Å². The van der Waals surface area contributed by atoms with E-state index in [0.29, 0.717) is 21.4 Å². The topological polar surface area (TPSA) is 99.3 Å². The van der Waals surface area contributed by atoms with Crippen LogP contribution in [0.3, 0.4) is 0 Å². The summed E-state index contributed by atoms with van der Waals surface area (Å²) in [6.45, 7) is 0. The summed E-state index contributed by atoms with van der Waals surface area (Å²) in [5, 5.41) is 6.07. The monoisotopic (exact) mass is 394 g/mol. The number of hydrogen-bond acceptors (Lipinski definition) is 3. The Morgan fingerprint density at radius 2 is 1.42 bits per heavy atom. The molecule has 0 saturated carbocycles. The van der Waals surface area contributed by atoms with E-state index in [1.165, 1.54) is 0 Å². The van der Waals surface area contributed by atoms with Gasteiger partial charge in [-0.3, -0.25) is 15.0 Å². The van der Waals surface area contributed by atoms with Gasteiger partial charge in [0.15, 0.2) is 0 Å². The molecule has 2 aromatic rings. The van der Waals surface area contributed by atoms with Gasteiger partial charge < -0.3 is 10.6 Å². The molecule has 0 aromatic heterocycles. The first-order valence-electron chi connectivity index (χ1n) is 7.60. The summed E-state index contributed by atoms with van der Waals surface area (Å²) in [6, 6.07) is 12.6. The molecular weight excluding hydrogens is 379 g/mol. The maximum absolute atomic E-state index is 11.8. The van der Waals surface area contributed by atoms with E-state index < -0.39 is 11.9 Å². The van der Waals surface area contributed by atoms with E-state index >= 15 is 0 Å². The molecule has 0 saturated heterocycles. The highest BCUT2D eigenvalue weighted by molar-refractivity contribution is 6.33. The Balaban J connectivity index is 1.68. The number of para-hydroxylation sites is 1. The number of nitrogens with one attached hydrogen (secondary N) is 4. The number of amides is 4. The average molecular weight is 395 g/mol. The van der Waals surface area contributed by atoms with E-state index in [0.717, 1.165) is 0 Å². The predicted octanol–water partition coefficient (Wildman–Crippen LogP) is 3.57. The summed E-state index contributed by atoms with van der Waals surface area (Å²) < 4.78 is 0. The summed E-state index contributed by atoms with van der Waals surface area (Å²) in [4.78, 5) is 35.2. The van der Waals surface area contributed by atoms with E-state index in [2.05, 4.69) is 21.5 Å². The highest BCUT2D eigenvalue weighted by Gasteiger charge is 2.10. The summed E-state index contributed by atoms with van der Waals surface area (Å²) in [5.41, 5.74) is 5.39. The summed E-state index contributed by atoms with van der Waals surface area (Å²) in [6.07, 6.45) is -0.158. The fourth-order valence-corrected chi connectivity index (χ4v) is 2.20. The van der Waals surface area contributed by atoms with Gasteiger partial charge in [-0.15, -0.1) is 0 Å². The Morgan fingerprint density at radius 3 is 2.12 bits per heavy atom. The number of carbonyl (C=O) groups excluding carboxylic acids is 3. The number of halogens is 2. The summed E-state index contributed by atoms with van der Waals surface area (Å²) >= 11 is 11.7. The standard InChI is InChI=1S/C17H16Cl2N4O3/c18-11-5-7-12(8-6-11)20-17(26)23-22-16(25)10-9-15(24)21-14-4-2-1-3-13(14)19/h1-8H,9-10H2,(H,21,24)(H,22,25)(H2,20,23,26). The number of carbonyl (C=O) groups is 3. The Labute approximate surface area is 160 Å². The summed E-state index contributed by atoms with van der Waals surface area (Å²) in [5.74, 6) is -0.871. The molecule has 9 heteroatoms. The molecule has 0 radical (unpaired) electrons. The van der Waals surface area contributed by atoms with Gasteiger partial charge in [0.2, 0.25) is 11.8 Å². The van der Waals surface area contributed by atoms with Crippen molar-refractivity contribution >= 4 is 52.4 Å². The van der Waals surface area contributed by atoms with Crippen molar-refractivity contribution in [2.24, 2.45) is 0 Å². The second-order valence-electron chi connectivity index (χ2n) is 5.16. The average Bonchev–Trinajstić information content (AvgIpc) is 2.62. The van der Waals surface area contributed by atoms with Gasteiger partial charge in [0, 0.05) is 23.6 Å². The zero-order chi connectivity index (χ0) is 18.9. The molecule has 4 amide bonds. The second kappa shape index (κ2) is 9.65. The van der Waals surface area contributed by atoms with E-state index in [-0.39, 0.29) is 18.7 Å². The highest BCUT2D eigenvalue weighted by Crippen LogP contribution is 2.20. The quantitative estimate of drug-likeness (QED) is 0.583. The minimum absolute atomic E-state index is 0.0580. The van der Waals surface area contributed by atoms with Crippen molar-refractivity contribution in [1.82, 2.24) is 10.9 Å². The van der Waals surface area contributed by atoms with Gasteiger partial charge >= 0.3 is 6.03 Å². The second-order valence-corrected chi connectivity index (χ2v) is 6.01. The molecule has 0 atom stereocenters. The first-order valence-corrected chi connectivity index (χ1v) is 8.35. The first kappa shape index (κ1) is 19.6. The van der Waals surface area contributed by atoms with Crippen LogP contribution in [0.25, 0.3) is 0 Å². The normalized spacial score (nSPS) is 9.92. The zero-order valence-electron chi connectivity index (χ0n) is 13.5. The van der Waals surface area contributed by atoms with Crippen LogP contribution in [0.1, 0.15) is 12.8 Å². The molecule has 0 fully saturated rings. The molecule has 136 valence electrons. The van der Waals surface area contributed by atoms with Crippen LogP contribution in [0, 0.1) is 0 Å². The minimum Gasteiger partial charge on any atom is -0.325 e. The largest absolute Gasteiger partial charge is 0.337 e. The van der Waals surface area contributed by atoms with Crippen molar-refractivity contribution in [2.75, 3.05) is 10.6 Å². The molecule has 0 aliphatic carbocycles. The zero-order valence-corrected chi connectivity index (χ0v) is 15.0. The molecule has 0 aliphatic heterocycles. The van der Waals surface area contributed by atoms with Crippen LogP contribution >= 0.6 is 23.2 Å². The van der Waals surface area contributed by atoms with Crippen molar-refractivity contribution in [3.05, 3.63) is 58.6 Å². The maximum atomic E-state index is 11.8. The minimum atomic E-state index is -0.624. The smallest absolute Gasteiger partial charge is 0.325 e.